The van der Waals surface area contributed by atoms with Crippen molar-refractivity contribution in [2.75, 3.05) is 0 Å². The van der Waals surface area contributed by atoms with E-state index in [1.807, 2.05) is 0 Å². The predicted molar refractivity (Wildman–Crippen MR) is 55.5 cm³/mol. The van der Waals surface area contributed by atoms with Crippen molar-refractivity contribution in [1.82, 2.24) is 0 Å². The minimum Gasteiger partial charge on any atom is -0.216 e. The molecule has 106 valence electrons. The summed E-state index contributed by atoms with van der Waals surface area (Å²) in [6.45, 7) is 0. The van der Waals surface area contributed by atoms with Gasteiger partial charge in [-0.15, -0.1) is 0 Å². The Balaban J connectivity index is 3.26. The van der Waals surface area contributed by atoms with E-state index in [4.69, 9.17) is 11.6 Å². The first-order valence-electron chi connectivity index (χ1n) is 4.77. The lowest BCUT2D eigenvalue weighted by Crippen LogP contribution is -2.19. The number of alkyl halides is 6. The summed E-state index contributed by atoms with van der Waals surface area (Å²) in [4.78, 5) is 0. The van der Waals surface area contributed by atoms with Gasteiger partial charge in [-0.3, -0.25) is 0 Å². The Labute approximate surface area is 108 Å². The van der Waals surface area contributed by atoms with E-state index in [2.05, 4.69) is 0 Å². The summed E-state index contributed by atoms with van der Waals surface area (Å²) in [5, 5.41) is -0.869. The van der Waals surface area contributed by atoms with Crippen LogP contribution in [0.2, 0.25) is 5.02 Å². The third-order valence-electron chi connectivity index (χ3n) is 2.28. The zero-order chi connectivity index (χ0) is 14.8. The molecule has 0 saturated carbocycles. The van der Waals surface area contributed by atoms with Gasteiger partial charge in [0.2, 0.25) is 0 Å². The Morgan fingerprint density at radius 3 is 2.00 bits per heavy atom. The van der Waals surface area contributed by atoms with Gasteiger partial charge in [-0.2, -0.15) is 26.3 Å². The van der Waals surface area contributed by atoms with Gasteiger partial charge in [-0.1, -0.05) is 17.7 Å². The molecule has 1 aromatic rings. The second kappa shape index (κ2) is 5.40. The van der Waals surface area contributed by atoms with Crippen molar-refractivity contribution in [2.45, 2.75) is 18.3 Å². The van der Waals surface area contributed by atoms with Crippen molar-refractivity contribution in [3.63, 3.8) is 0 Å². The number of hydrogen-bond donors (Lipinski definition) is 0. The molecule has 1 rings (SSSR count). The van der Waals surface area contributed by atoms with E-state index in [1.54, 1.807) is 0 Å². The molecule has 1 atom stereocenters. The highest BCUT2D eigenvalue weighted by atomic mass is 35.5. The van der Waals surface area contributed by atoms with Gasteiger partial charge < -0.3 is 0 Å². The fourth-order valence-electron chi connectivity index (χ4n) is 1.44. The summed E-state index contributed by atoms with van der Waals surface area (Å²) in [7, 11) is 0. The molecular formula is C11H6ClF7. The van der Waals surface area contributed by atoms with Gasteiger partial charge in [-0.05, 0) is 23.8 Å². The quantitative estimate of drug-likeness (QED) is 0.634. The average molecular weight is 307 g/mol. The molecule has 0 aliphatic heterocycles. The van der Waals surface area contributed by atoms with E-state index < -0.39 is 34.4 Å². The van der Waals surface area contributed by atoms with Crippen molar-refractivity contribution >= 4 is 11.6 Å². The molecule has 0 bridgehead atoms. The summed E-state index contributed by atoms with van der Waals surface area (Å²) in [5.74, 6) is -2.35. The Hall–Kier alpha value is -1.24. The van der Waals surface area contributed by atoms with E-state index in [0.717, 1.165) is 0 Å². The van der Waals surface area contributed by atoms with Crippen LogP contribution in [0.4, 0.5) is 30.7 Å². The molecule has 0 aliphatic carbocycles. The fraction of sp³-hybridized carbons (Fsp3) is 0.273. The van der Waals surface area contributed by atoms with E-state index >= 15 is 0 Å². The van der Waals surface area contributed by atoms with Crippen LogP contribution in [-0.4, -0.2) is 6.18 Å². The summed E-state index contributed by atoms with van der Waals surface area (Å²) < 4.78 is 86.8. The van der Waals surface area contributed by atoms with Crippen molar-refractivity contribution in [2.24, 2.45) is 0 Å². The molecule has 1 unspecified atom stereocenters. The number of hydrogen-bond acceptors (Lipinski definition) is 0. The van der Waals surface area contributed by atoms with Gasteiger partial charge in [0.1, 0.15) is 5.92 Å². The molecule has 0 spiro atoms. The minimum absolute atomic E-state index is 0.193. The van der Waals surface area contributed by atoms with Crippen LogP contribution in [0, 0.1) is 0 Å². The smallest absolute Gasteiger partial charge is 0.216 e. The Morgan fingerprint density at radius 1 is 1.05 bits per heavy atom. The lowest BCUT2D eigenvalue weighted by atomic mass is 9.97. The first-order valence-corrected chi connectivity index (χ1v) is 5.15. The largest absolute Gasteiger partial charge is 0.417 e. The van der Waals surface area contributed by atoms with E-state index in [1.165, 1.54) is 0 Å². The highest BCUT2D eigenvalue weighted by Crippen LogP contribution is 2.40. The maximum absolute atomic E-state index is 12.6. The van der Waals surface area contributed by atoms with Gasteiger partial charge in [0.15, 0.2) is 0 Å². The van der Waals surface area contributed by atoms with Gasteiger partial charge in [-0.25, -0.2) is 4.39 Å². The molecule has 19 heavy (non-hydrogen) atoms. The molecule has 1 aromatic carbocycles. The van der Waals surface area contributed by atoms with Crippen LogP contribution < -0.4 is 0 Å². The molecular weight excluding hydrogens is 301 g/mol. The predicted octanol–water partition coefficient (Wildman–Crippen LogP) is 5.49. The number of halogens is 8. The van der Waals surface area contributed by atoms with E-state index in [9.17, 15) is 30.7 Å². The zero-order valence-corrected chi connectivity index (χ0v) is 9.74. The van der Waals surface area contributed by atoms with E-state index in [-0.39, 0.29) is 12.4 Å². The second-order valence-electron chi connectivity index (χ2n) is 3.57. The summed E-state index contributed by atoms with van der Waals surface area (Å²) in [6, 6.07) is 1.58. The van der Waals surface area contributed by atoms with Crippen LogP contribution in [0.5, 0.6) is 0 Å². The molecule has 0 fully saturated rings. The van der Waals surface area contributed by atoms with Gasteiger partial charge in [0.25, 0.3) is 0 Å². The second-order valence-corrected chi connectivity index (χ2v) is 3.98. The first kappa shape index (κ1) is 15.8. The third-order valence-corrected chi connectivity index (χ3v) is 2.59. The van der Waals surface area contributed by atoms with Crippen LogP contribution in [0.25, 0.3) is 0 Å². The molecule has 0 aliphatic rings. The molecule has 0 N–H and O–H groups in total. The lowest BCUT2D eigenvalue weighted by Gasteiger charge is -2.18. The molecule has 0 saturated heterocycles. The molecule has 0 amide bonds. The van der Waals surface area contributed by atoms with Gasteiger partial charge in [0.05, 0.1) is 16.9 Å². The van der Waals surface area contributed by atoms with Gasteiger partial charge in [0, 0.05) is 0 Å². The van der Waals surface area contributed by atoms with Crippen LogP contribution in [0.1, 0.15) is 17.0 Å². The first-order chi connectivity index (χ1) is 8.57. The highest BCUT2D eigenvalue weighted by Gasteiger charge is 2.40. The fourth-order valence-corrected chi connectivity index (χ4v) is 1.73. The highest BCUT2D eigenvalue weighted by molar-refractivity contribution is 6.31. The Morgan fingerprint density at radius 2 is 1.63 bits per heavy atom. The monoisotopic (exact) mass is 306 g/mol. The molecule has 0 radical (unpaired) electrons. The summed E-state index contributed by atoms with van der Waals surface area (Å²) in [5.41, 5.74) is -1.82. The standard InChI is InChI=1S/C11H6ClF7/c12-9-5-6(1-2-8(9)11(17,18)19)7(3-4-13)10(14,15)16/h1-5,7H. The average Bonchev–Trinajstić information content (AvgIpc) is 2.22. The minimum atomic E-state index is -4.83. The maximum Gasteiger partial charge on any atom is 0.417 e. The van der Waals surface area contributed by atoms with Crippen LogP contribution in [0.3, 0.4) is 0 Å². The van der Waals surface area contributed by atoms with Crippen molar-refractivity contribution in [1.29, 1.82) is 0 Å². The molecule has 8 heteroatoms. The number of allylic oxidation sites excluding steroid dienone is 1. The van der Waals surface area contributed by atoms with Crippen molar-refractivity contribution in [3.05, 3.63) is 46.8 Å². The van der Waals surface area contributed by atoms with Crippen LogP contribution in [-0.2, 0) is 6.18 Å². The maximum atomic E-state index is 12.6. The molecule has 0 aromatic heterocycles. The third kappa shape index (κ3) is 3.86. The zero-order valence-electron chi connectivity index (χ0n) is 8.99. The van der Waals surface area contributed by atoms with Crippen LogP contribution in [0.15, 0.2) is 30.6 Å². The van der Waals surface area contributed by atoms with Crippen molar-refractivity contribution in [3.8, 4) is 0 Å². The van der Waals surface area contributed by atoms with E-state index in [0.29, 0.717) is 18.2 Å². The van der Waals surface area contributed by atoms with Crippen molar-refractivity contribution < 1.29 is 30.7 Å². The summed E-state index contributed by atoms with van der Waals surface area (Å²) >= 11 is 5.30. The molecule has 0 nitrogen and oxygen atoms in total. The SMILES string of the molecule is FC=CC(c1ccc(C(F)(F)F)c(Cl)c1)C(F)(F)F. The topological polar surface area (TPSA) is 0 Å². The molecule has 0 heterocycles. The Bertz CT molecular complexity index is 473. The van der Waals surface area contributed by atoms with Gasteiger partial charge >= 0.3 is 12.4 Å². The normalized spacial score (nSPS) is 14.9. The summed E-state index contributed by atoms with van der Waals surface area (Å²) in [6.07, 6.45) is -9.71. The Kier molecular flexibility index (Phi) is 4.50. The lowest BCUT2D eigenvalue weighted by molar-refractivity contribution is -0.139. The van der Waals surface area contributed by atoms with Crippen LogP contribution >= 0.6 is 11.6 Å². The number of rotatable bonds is 2. The number of benzene rings is 1.